The highest BCUT2D eigenvalue weighted by Gasteiger charge is 2.32. The van der Waals surface area contributed by atoms with Gasteiger partial charge in [0.2, 0.25) is 5.88 Å². The van der Waals surface area contributed by atoms with Crippen molar-refractivity contribution in [2.75, 3.05) is 13.4 Å². The smallest absolute Gasteiger partial charge is 0.417 e. The third kappa shape index (κ3) is 3.07. The van der Waals surface area contributed by atoms with Gasteiger partial charge in [-0.2, -0.15) is 13.2 Å². The number of benzene rings is 1. The lowest BCUT2D eigenvalue weighted by atomic mass is 10.1. The second-order valence-electron chi connectivity index (χ2n) is 4.01. The normalized spacial score (nSPS) is 11.4. The molecule has 2 aromatic rings. The van der Waals surface area contributed by atoms with Gasteiger partial charge >= 0.3 is 6.18 Å². The average molecular weight is 299 g/mol. The number of hydrogen-bond donors (Lipinski definition) is 0. The van der Waals surface area contributed by atoms with Gasteiger partial charge in [-0.15, -0.1) is 11.8 Å². The van der Waals surface area contributed by atoms with Gasteiger partial charge < -0.3 is 4.74 Å². The highest BCUT2D eigenvalue weighted by atomic mass is 32.2. The van der Waals surface area contributed by atoms with Crippen molar-refractivity contribution in [3.05, 3.63) is 42.1 Å². The van der Waals surface area contributed by atoms with E-state index in [9.17, 15) is 13.2 Å². The minimum Gasteiger partial charge on any atom is -0.481 e. The van der Waals surface area contributed by atoms with Crippen molar-refractivity contribution >= 4 is 11.8 Å². The molecule has 0 aliphatic rings. The van der Waals surface area contributed by atoms with E-state index in [1.54, 1.807) is 23.9 Å². The molecule has 0 N–H and O–H groups in total. The molecule has 2 nitrogen and oxygen atoms in total. The molecule has 0 bridgehead atoms. The number of ether oxygens (including phenoxy) is 1. The van der Waals surface area contributed by atoms with E-state index < -0.39 is 11.7 Å². The molecule has 0 saturated heterocycles. The van der Waals surface area contributed by atoms with Crippen molar-refractivity contribution < 1.29 is 17.9 Å². The molecule has 0 aliphatic heterocycles. The van der Waals surface area contributed by atoms with E-state index in [1.807, 2.05) is 18.4 Å². The van der Waals surface area contributed by atoms with Gasteiger partial charge in [-0.1, -0.05) is 12.1 Å². The summed E-state index contributed by atoms with van der Waals surface area (Å²) in [5, 5.41) is 0. The first-order valence-electron chi connectivity index (χ1n) is 5.71. The quantitative estimate of drug-likeness (QED) is 0.779. The lowest BCUT2D eigenvalue weighted by Crippen LogP contribution is -2.06. The molecule has 0 amide bonds. The third-order valence-corrected chi connectivity index (χ3v) is 3.52. The number of nitrogens with zero attached hydrogens (tertiary/aromatic N) is 1. The molecule has 1 aromatic carbocycles. The maximum Gasteiger partial charge on any atom is 0.417 e. The Morgan fingerprint density at radius 1 is 1.15 bits per heavy atom. The summed E-state index contributed by atoms with van der Waals surface area (Å²) in [5.41, 5.74) is 0.176. The van der Waals surface area contributed by atoms with Crippen LogP contribution in [0.2, 0.25) is 0 Å². The minimum atomic E-state index is -4.42. The summed E-state index contributed by atoms with van der Waals surface area (Å²) >= 11 is 1.56. The zero-order chi connectivity index (χ0) is 14.8. The SMILES string of the molecule is COc1ncc(C(F)(F)F)cc1-c1ccc(SC)cc1. The number of rotatable bonds is 3. The Morgan fingerprint density at radius 2 is 1.80 bits per heavy atom. The van der Waals surface area contributed by atoms with Gasteiger partial charge in [0.25, 0.3) is 0 Å². The van der Waals surface area contributed by atoms with E-state index >= 15 is 0 Å². The summed E-state index contributed by atoms with van der Waals surface area (Å²) in [5.74, 6) is 0.176. The monoisotopic (exact) mass is 299 g/mol. The van der Waals surface area contributed by atoms with Crippen molar-refractivity contribution in [1.82, 2.24) is 4.98 Å². The van der Waals surface area contributed by atoms with E-state index in [0.717, 1.165) is 17.2 Å². The summed E-state index contributed by atoms with van der Waals surface area (Å²) in [7, 11) is 1.38. The van der Waals surface area contributed by atoms with E-state index in [2.05, 4.69) is 4.98 Å². The summed E-state index contributed by atoms with van der Waals surface area (Å²) < 4.78 is 43.3. The molecule has 1 heterocycles. The molecule has 20 heavy (non-hydrogen) atoms. The van der Waals surface area contributed by atoms with Crippen molar-refractivity contribution in [2.24, 2.45) is 0 Å². The number of methoxy groups -OCH3 is 1. The van der Waals surface area contributed by atoms with Crippen LogP contribution in [0.4, 0.5) is 13.2 Å². The maximum atomic E-state index is 12.8. The number of aromatic nitrogens is 1. The molecule has 0 aliphatic carbocycles. The Hall–Kier alpha value is -1.69. The second kappa shape index (κ2) is 5.75. The van der Waals surface area contributed by atoms with Crippen LogP contribution in [0, 0.1) is 0 Å². The molecule has 0 radical (unpaired) electrons. The Kier molecular flexibility index (Phi) is 4.23. The van der Waals surface area contributed by atoms with Crippen LogP contribution < -0.4 is 4.74 Å². The van der Waals surface area contributed by atoms with Gasteiger partial charge in [-0.3, -0.25) is 0 Å². The van der Waals surface area contributed by atoms with Gasteiger partial charge in [0, 0.05) is 16.7 Å². The Labute approximate surface area is 119 Å². The zero-order valence-electron chi connectivity index (χ0n) is 10.9. The van der Waals surface area contributed by atoms with Gasteiger partial charge in [-0.25, -0.2) is 4.98 Å². The molecule has 6 heteroatoms. The number of hydrogen-bond acceptors (Lipinski definition) is 3. The van der Waals surface area contributed by atoms with E-state index in [-0.39, 0.29) is 5.88 Å². The van der Waals surface area contributed by atoms with E-state index in [0.29, 0.717) is 11.1 Å². The number of pyridine rings is 1. The van der Waals surface area contributed by atoms with Crippen LogP contribution in [-0.2, 0) is 6.18 Å². The Morgan fingerprint density at radius 3 is 2.30 bits per heavy atom. The molecular formula is C14H12F3NOS. The predicted octanol–water partition coefficient (Wildman–Crippen LogP) is 4.50. The first-order chi connectivity index (χ1) is 9.45. The van der Waals surface area contributed by atoms with Crippen molar-refractivity contribution in [2.45, 2.75) is 11.1 Å². The zero-order valence-corrected chi connectivity index (χ0v) is 11.7. The fourth-order valence-electron chi connectivity index (χ4n) is 1.75. The van der Waals surface area contributed by atoms with E-state index in [1.165, 1.54) is 7.11 Å². The Bertz CT molecular complexity index is 596. The van der Waals surface area contributed by atoms with Crippen LogP contribution in [0.1, 0.15) is 5.56 Å². The van der Waals surface area contributed by atoms with Crippen molar-refractivity contribution in [1.29, 1.82) is 0 Å². The van der Waals surface area contributed by atoms with Crippen molar-refractivity contribution in [3.63, 3.8) is 0 Å². The van der Waals surface area contributed by atoms with Crippen LogP contribution in [-0.4, -0.2) is 18.3 Å². The first kappa shape index (κ1) is 14.7. The lowest BCUT2D eigenvalue weighted by Gasteiger charge is -2.12. The standard InChI is InChI=1S/C14H12F3NOS/c1-19-13-12(7-10(8-18-13)14(15,16)17)9-3-5-11(20-2)6-4-9/h3-8H,1-2H3. The number of halogens is 3. The molecule has 0 fully saturated rings. The fraction of sp³-hybridized carbons (Fsp3) is 0.214. The van der Waals surface area contributed by atoms with Gasteiger partial charge in [0.05, 0.1) is 12.7 Å². The largest absolute Gasteiger partial charge is 0.481 e. The van der Waals surface area contributed by atoms with Gasteiger partial charge in [0.1, 0.15) is 0 Å². The first-order valence-corrected chi connectivity index (χ1v) is 6.94. The molecule has 2 rings (SSSR count). The highest BCUT2D eigenvalue weighted by molar-refractivity contribution is 7.98. The highest BCUT2D eigenvalue weighted by Crippen LogP contribution is 2.35. The lowest BCUT2D eigenvalue weighted by molar-refractivity contribution is -0.137. The molecule has 0 unspecified atom stereocenters. The molecule has 106 valence electrons. The third-order valence-electron chi connectivity index (χ3n) is 2.77. The molecule has 1 aromatic heterocycles. The molecular weight excluding hydrogens is 287 g/mol. The number of thioether (sulfide) groups is 1. The molecule has 0 atom stereocenters. The van der Waals surface area contributed by atoms with Crippen LogP contribution in [0.3, 0.4) is 0 Å². The average Bonchev–Trinajstić information content (AvgIpc) is 2.45. The molecule has 0 saturated carbocycles. The Balaban J connectivity index is 2.52. The minimum absolute atomic E-state index is 0.176. The summed E-state index contributed by atoms with van der Waals surface area (Å²) in [6.45, 7) is 0. The van der Waals surface area contributed by atoms with Crippen LogP contribution in [0.5, 0.6) is 5.88 Å². The fourth-order valence-corrected chi connectivity index (χ4v) is 2.16. The predicted molar refractivity (Wildman–Crippen MR) is 73.0 cm³/mol. The number of alkyl halides is 3. The second-order valence-corrected chi connectivity index (χ2v) is 4.89. The van der Waals surface area contributed by atoms with Gasteiger partial charge in [-0.05, 0) is 30.0 Å². The summed E-state index contributed by atoms with van der Waals surface area (Å²) in [4.78, 5) is 4.77. The van der Waals surface area contributed by atoms with E-state index in [4.69, 9.17) is 4.74 Å². The summed E-state index contributed by atoms with van der Waals surface area (Å²) in [6, 6.07) is 8.26. The maximum absolute atomic E-state index is 12.8. The topological polar surface area (TPSA) is 22.1 Å². The van der Waals surface area contributed by atoms with Gasteiger partial charge in [0.15, 0.2) is 0 Å². The van der Waals surface area contributed by atoms with Crippen LogP contribution in [0.25, 0.3) is 11.1 Å². The summed E-state index contributed by atoms with van der Waals surface area (Å²) in [6.07, 6.45) is -1.72. The molecule has 0 spiro atoms. The van der Waals surface area contributed by atoms with Crippen molar-refractivity contribution in [3.8, 4) is 17.0 Å². The van der Waals surface area contributed by atoms with Crippen LogP contribution >= 0.6 is 11.8 Å². The van der Waals surface area contributed by atoms with Crippen LogP contribution in [0.15, 0.2) is 41.4 Å².